The molecule has 1 N–H and O–H groups in total. The molecule has 4 rings (SSSR count). The molecule has 0 spiro atoms. The number of piperazine rings is 2. The third-order valence-electron chi connectivity index (χ3n) is 6.35. The molecular formula is C23H31ClN4. The molecule has 1 atom stereocenters. The molecular weight excluding hydrogens is 368 g/mol. The first-order valence-electron chi connectivity index (χ1n) is 10.5. The standard InChI is InChI=1S/C23H31ClN4/c1-2-23(21-6-4-3-5-7-21)19-28(27-14-12-25-13-15-27)17-16-26(23)18-20-8-10-22(24)11-9-20/h3-11,25H,2,12-19H2,1H3. The fourth-order valence-corrected chi connectivity index (χ4v) is 4.84. The van der Waals surface area contributed by atoms with Gasteiger partial charge in [-0.05, 0) is 29.7 Å². The van der Waals surface area contributed by atoms with Gasteiger partial charge in [0.15, 0.2) is 0 Å². The van der Waals surface area contributed by atoms with Crippen molar-refractivity contribution in [1.29, 1.82) is 0 Å². The Morgan fingerprint density at radius 2 is 1.61 bits per heavy atom. The Labute approximate surface area is 174 Å². The van der Waals surface area contributed by atoms with Crippen LogP contribution in [0.25, 0.3) is 0 Å². The summed E-state index contributed by atoms with van der Waals surface area (Å²) in [4.78, 5) is 2.68. The first-order valence-corrected chi connectivity index (χ1v) is 10.8. The monoisotopic (exact) mass is 398 g/mol. The Morgan fingerprint density at radius 3 is 2.29 bits per heavy atom. The molecule has 0 aliphatic carbocycles. The van der Waals surface area contributed by atoms with E-state index in [1.165, 1.54) is 11.1 Å². The highest BCUT2D eigenvalue weighted by molar-refractivity contribution is 6.30. The quantitative estimate of drug-likeness (QED) is 0.830. The van der Waals surface area contributed by atoms with Crippen LogP contribution in [-0.2, 0) is 12.1 Å². The smallest absolute Gasteiger partial charge is 0.0603 e. The van der Waals surface area contributed by atoms with E-state index in [1.54, 1.807) is 0 Å². The first-order chi connectivity index (χ1) is 13.7. The van der Waals surface area contributed by atoms with Gasteiger partial charge in [-0.25, -0.2) is 10.0 Å². The molecule has 2 aromatic rings. The van der Waals surface area contributed by atoms with Crippen LogP contribution in [0.1, 0.15) is 24.5 Å². The Bertz CT molecular complexity index is 745. The van der Waals surface area contributed by atoms with Crippen molar-refractivity contribution in [3.05, 3.63) is 70.7 Å². The third-order valence-corrected chi connectivity index (χ3v) is 6.61. The van der Waals surface area contributed by atoms with Crippen LogP contribution in [0.15, 0.2) is 54.6 Å². The van der Waals surface area contributed by atoms with E-state index in [2.05, 4.69) is 69.6 Å². The predicted octanol–water partition coefficient (Wildman–Crippen LogP) is 3.58. The van der Waals surface area contributed by atoms with E-state index in [4.69, 9.17) is 11.6 Å². The molecule has 0 aromatic heterocycles. The van der Waals surface area contributed by atoms with E-state index in [0.29, 0.717) is 0 Å². The largest absolute Gasteiger partial charge is 0.314 e. The molecule has 1 unspecified atom stereocenters. The molecule has 2 fully saturated rings. The van der Waals surface area contributed by atoms with E-state index < -0.39 is 0 Å². The summed E-state index contributed by atoms with van der Waals surface area (Å²) in [5.41, 5.74) is 2.77. The van der Waals surface area contributed by atoms with Crippen LogP contribution in [0, 0.1) is 0 Å². The lowest BCUT2D eigenvalue weighted by atomic mass is 9.83. The second-order valence-electron chi connectivity index (χ2n) is 7.89. The lowest BCUT2D eigenvalue weighted by Gasteiger charge is -2.54. The zero-order valence-corrected chi connectivity index (χ0v) is 17.5. The number of rotatable bonds is 5. The third kappa shape index (κ3) is 4.12. The van der Waals surface area contributed by atoms with Gasteiger partial charge in [0.05, 0.1) is 5.54 Å². The van der Waals surface area contributed by atoms with Gasteiger partial charge in [0.2, 0.25) is 0 Å². The summed E-state index contributed by atoms with van der Waals surface area (Å²) in [6.07, 6.45) is 1.09. The Morgan fingerprint density at radius 1 is 0.893 bits per heavy atom. The van der Waals surface area contributed by atoms with Crippen LogP contribution < -0.4 is 5.32 Å². The summed E-state index contributed by atoms with van der Waals surface area (Å²) < 4.78 is 0. The summed E-state index contributed by atoms with van der Waals surface area (Å²) in [5.74, 6) is 0. The van der Waals surface area contributed by atoms with E-state index >= 15 is 0 Å². The lowest BCUT2D eigenvalue weighted by Crippen LogP contribution is -2.65. The van der Waals surface area contributed by atoms with Crippen molar-refractivity contribution in [3.8, 4) is 0 Å². The number of benzene rings is 2. The number of hydrazine groups is 1. The first kappa shape index (κ1) is 19.9. The van der Waals surface area contributed by atoms with Gasteiger partial charge in [-0.3, -0.25) is 4.90 Å². The minimum Gasteiger partial charge on any atom is -0.314 e. The topological polar surface area (TPSA) is 21.8 Å². The molecule has 4 nitrogen and oxygen atoms in total. The second kappa shape index (κ2) is 8.93. The molecule has 5 heteroatoms. The van der Waals surface area contributed by atoms with Gasteiger partial charge in [-0.2, -0.15) is 0 Å². The SMILES string of the molecule is CCC1(c2ccccc2)CN(N2CCNCC2)CCN1Cc1ccc(Cl)cc1. The van der Waals surface area contributed by atoms with Crippen LogP contribution in [0.3, 0.4) is 0 Å². The van der Waals surface area contributed by atoms with Crippen molar-refractivity contribution in [2.24, 2.45) is 0 Å². The van der Waals surface area contributed by atoms with Crippen LogP contribution in [-0.4, -0.2) is 60.7 Å². The minimum absolute atomic E-state index is 0.0179. The highest BCUT2D eigenvalue weighted by Gasteiger charge is 2.43. The van der Waals surface area contributed by atoms with Gasteiger partial charge in [-0.1, -0.05) is 61.0 Å². The Kier molecular flexibility index (Phi) is 6.34. The van der Waals surface area contributed by atoms with Crippen molar-refractivity contribution in [1.82, 2.24) is 20.2 Å². The average Bonchev–Trinajstić information content (AvgIpc) is 2.77. The zero-order chi connectivity index (χ0) is 19.4. The average molecular weight is 399 g/mol. The summed E-state index contributed by atoms with van der Waals surface area (Å²) in [5, 5.41) is 9.45. The minimum atomic E-state index is 0.0179. The normalized spacial score (nSPS) is 25.1. The van der Waals surface area contributed by atoms with Crippen molar-refractivity contribution >= 4 is 11.6 Å². The molecule has 150 valence electrons. The molecule has 0 amide bonds. The fourth-order valence-electron chi connectivity index (χ4n) is 4.71. The maximum Gasteiger partial charge on any atom is 0.0603 e. The number of nitrogens with zero attached hydrogens (tertiary/aromatic N) is 3. The maximum absolute atomic E-state index is 6.11. The number of nitrogens with one attached hydrogen (secondary N) is 1. The predicted molar refractivity (Wildman–Crippen MR) is 116 cm³/mol. The van der Waals surface area contributed by atoms with Gasteiger partial charge < -0.3 is 5.32 Å². The highest BCUT2D eigenvalue weighted by Crippen LogP contribution is 2.37. The van der Waals surface area contributed by atoms with Gasteiger partial charge >= 0.3 is 0 Å². The van der Waals surface area contributed by atoms with Crippen molar-refractivity contribution < 1.29 is 0 Å². The number of halogens is 1. The molecule has 0 radical (unpaired) electrons. The van der Waals surface area contributed by atoms with E-state index in [0.717, 1.165) is 63.8 Å². The van der Waals surface area contributed by atoms with Crippen LogP contribution in [0.2, 0.25) is 5.02 Å². The molecule has 0 saturated carbocycles. The molecule has 0 bridgehead atoms. The van der Waals surface area contributed by atoms with E-state index in [9.17, 15) is 0 Å². The van der Waals surface area contributed by atoms with Crippen LogP contribution in [0.4, 0.5) is 0 Å². The van der Waals surface area contributed by atoms with E-state index in [-0.39, 0.29) is 5.54 Å². The Balaban J connectivity index is 1.63. The van der Waals surface area contributed by atoms with E-state index in [1.807, 2.05) is 12.1 Å². The van der Waals surface area contributed by atoms with Crippen LogP contribution >= 0.6 is 11.6 Å². The van der Waals surface area contributed by atoms with Crippen LogP contribution in [0.5, 0.6) is 0 Å². The maximum atomic E-state index is 6.11. The molecule has 28 heavy (non-hydrogen) atoms. The van der Waals surface area contributed by atoms with Gasteiger partial charge in [0.1, 0.15) is 0 Å². The summed E-state index contributed by atoms with van der Waals surface area (Å²) in [7, 11) is 0. The lowest BCUT2D eigenvalue weighted by molar-refractivity contribution is -0.122. The molecule has 2 heterocycles. The van der Waals surface area contributed by atoms with Crippen molar-refractivity contribution in [2.45, 2.75) is 25.4 Å². The Hall–Kier alpha value is -1.43. The van der Waals surface area contributed by atoms with Crippen molar-refractivity contribution in [3.63, 3.8) is 0 Å². The second-order valence-corrected chi connectivity index (χ2v) is 8.33. The summed E-state index contributed by atoms with van der Waals surface area (Å²) >= 11 is 6.11. The summed E-state index contributed by atoms with van der Waals surface area (Å²) in [6, 6.07) is 19.4. The highest BCUT2D eigenvalue weighted by atomic mass is 35.5. The molecule has 2 aromatic carbocycles. The van der Waals surface area contributed by atoms with Crippen molar-refractivity contribution in [2.75, 3.05) is 45.8 Å². The molecule has 2 saturated heterocycles. The van der Waals surface area contributed by atoms with Gasteiger partial charge in [0, 0.05) is 57.4 Å². The molecule has 2 aliphatic rings. The number of hydrogen-bond acceptors (Lipinski definition) is 4. The molecule has 2 aliphatic heterocycles. The fraction of sp³-hybridized carbons (Fsp3) is 0.478. The number of hydrogen-bond donors (Lipinski definition) is 1. The summed E-state index contributed by atoms with van der Waals surface area (Å²) in [6.45, 7) is 10.8. The zero-order valence-electron chi connectivity index (χ0n) is 16.8. The van der Waals surface area contributed by atoms with Gasteiger partial charge in [-0.15, -0.1) is 0 Å². The van der Waals surface area contributed by atoms with Gasteiger partial charge in [0.25, 0.3) is 0 Å².